The maximum Gasteiger partial charge on any atom is 0.257 e. The molecule has 0 saturated heterocycles. The molecule has 1 heterocycles. The van der Waals surface area contributed by atoms with Gasteiger partial charge in [0.1, 0.15) is 5.82 Å². The zero-order valence-corrected chi connectivity index (χ0v) is 15.8. The Balaban J connectivity index is 3.64. The molecule has 0 atom stereocenters. The van der Waals surface area contributed by atoms with Crippen LogP contribution >= 0.6 is 0 Å². The van der Waals surface area contributed by atoms with Crippen LogP contribution in [0.4, 0.5) is 0 Å². The lowest BCUT2D eigenvalue weighted by atomic mass is 9.91. The molecule has 4 nitrogen and oxygen atoms in total. The van der Waals surface area contributed by atoms with Crippen LogP contribution in [0.15, 0.2) is 4.79 Å². The minimum Gasteiger partial charge on any atom is -0.308 e. The summed E-state index contributed by atoms with van der Waals surface area (Å²) in [5, 5.41) is 0. The lowest BCUT2D eigenvalue weighted by molar-refractivity contribution is 0.362. The van der Waals surface area contributed by atoms with Gasteiger partial charge in [-0.05, 0) is 25.9 Å². The van der Waals surface area contributed by atoms with E-state index in [4.69, 9.17) is 4.98 Å². The average Bonchev–Trinajstić information content (AvgIpc) is 2.33. The topological polar surface area (TPSA) is 38.1 Å². The van der Waals surface area contributed by atoms with Gasteiger partial charge in [-0.25, -0.2) is 4.98 Å². The zero-order chi connectivity index (χ0) is 17.2. The van der Waals surface area contributed by atoms with Gasteiger partial charge in [-0.2, -0.15) is 0 Å². The Kier molecular flexibility index (Phi) is 5.96. The van der Waals surface area contributed by atoms with Crippen molar-refractivity contribution >= 4 is 0 Å². The molecule has 0 amide bonds. The quantitative estimate of drug-likeness (QED) is 0.837. The second kappa shape index (κ2) is 6.95. The molecular formula is C18H33N3O. The molecule has 22 heavy (non-hydrogen) atoms. The number of likely N-dealkylation sites (N-methyl/N-ethyl adjacent to an activating group) is 1. The highest BCUT2D eigenvalue weighted by atomic mass is 16.1. The summed E-state index contributed by atoms with van der Waals surface area (Å²) >= 11 is 0. The number of nitrogens with zero attached hydrogens (tertiary/aromatic N) is 3. The third kappa shape index (κ3) is 4.19. The lowest BCUT2D eigenvalue weighted by Gasteiger charge is -2.27. The monoisotopic (exact) mass is 307 g/mol. The van der Waals surface area contributed by atoms with Crippen LogP contribution in [0.1, 0.15) is 77.4 Å². The molecule has 0 bridgehead atoms. The van der Waals surface area contributed by atoms with Crippen LogP contribution in [0.5, 0.6) is 0 Å². The fourth-order valence-corrected chi connectivity index (χ4v) is 2.65. The first kappa shape index (κ1) is 18.9. The summed E-state index contributed by atoms with van der Waals surface area (Å²) in [6.07, 6.45) is 0. The van der Waals surface area contributed by atoms with Crippen LogP contribution in [0.2, 0.25) is 0 Å². The molecule has 0 spiro atoms. The van der Waals surface area contributed by atoms with Crippen LogP contribution in [-0.4, -0.2) is 35.1 Å². The van der Waals surface area contributed by atoms with E-state index in [1.165, 1.54) is 0 Å². The standard InChI is InChI=1S/C18H33N3O/c1-12(2)14-15(13(3)4)19-17(18(5,6)7)21(16(14)22)11-10-20(8)9/h12-13H,10-11H2,1-9H3. The van der Waals surface area contributed by atoms with Gasteiger partial charge in [-0.1, -0.05) is 48.5 Å². The van der Waals surface area contributed by atoms with Crippen molar-refractivity contribution in [1.29, 1.82) is 0 Å². The largest absolute Gasteiger partial charge is 0.308 e. The summed E-state index contributed by atoms with van der Waals surface area (Å²) < 4.78 is 1.89. The van der Waals surface area contributed by atoms with Gasteiger partial charge in [0, 0.05) is 24.1 Å². The second-order valence-corrected chi connectivity index (χ2v) is 8.05. The Bertz CT molecular complexity index is 563. The van der Waals surface area contributed by atoms with E-state index in [9.17, 15) is 4.79 Å². The lowest BCUT2D eigenvalue weighted by Crippen LogP contribution is -2.37. The Morgan fingerprint density at radius 2 is 1.64 bits per heavy atom. The van der Waals surface area contributed by atoms with Gasteiger partial charge < -0.3 is 4.90 Å². The van der Waals surface area contributed by atoms with E-state index in [1.54, 1.807) is 0 Å². The van der Waals surface area contributed by atoms with Crippen molar-refractivity contribution in [1.82, 2.24) is 14.5 Å². The van der Waals surface area contributed by atoms with Crippen molar-refractivity contribution < 1.29 is 0 Å². The Morgan fingerprint density at radius 3 is 2.00 bits per heavy atom. The number of hydrogen-bond donors (Lipinski definition) is 0. The average molecular weight is 307 g/mol. The molecule has 0 radical (unpaired) electrons. The SMILES string of the molecule is CC(C)c1nc(C(C)(C)C)n(CCN(C)C)c(=O)c1C(C)C. The minimum atomic E-state index is -0.148. The smallest absolute Gasteiger partial charge is 0.257 e. The molecule has 1 aromatic heterocycles. The molecule has 0 aliphatic heterocycles. The Labute approximate surface area is 135 Å². The molecule has 1 aromatic rings. The van der Waals surface area contributed by atoms with E-state index in [0.29, 0.717) is 6.54 Å². The molecular weight excluding hydrogens is 274 g/mol. The van der Waals surface area contributed by atoms with Crippen molar-refractivity contribution in [3.05, 3.63) is 27.4 Å². The van der Waals surface area contributed by atoms with E-state index in [1.807, 2.05) is 18.7 Å². The Hall–Kier alpha value is -1.16. The van der Waals surface area contributed by atoms with Gasteiger partial charge in [0.2, 0.25) is 0 Å². The maximum absolute atomic E-state index is 13.1. The molecule has 0 N–H and O–H groups in total. The molecule has 0 aliphatic carbocycles. The van der Waals surface area contributed by atoms with Gasteiger partial charge in [0.05, 0.1) is 5.69 Å². The van der Waals surface area contributed by atoms with Crippen molar-refractivity contribution in [3.8, 4) is 0 Å². The van der Waals surface area contributed by atoms with Gasteiger partial charge >= 0.3 is 0 Å². The van der Waals surface area contributed by atoms with Crippen molar-refractivity contribution in [2.75, 3.05) is 20.6 Å². The minimum absolute atomic E-state index is 0.139. The number of aromatic nitrogens is 2. The summed E-state index contributed by atoms with van der Waals surface area (Å²) in [6, 6.07) is 0. The highest BCUT2D eigenvalue weighted by Gasteiger charge is 2.26. The number of rotatable bonds is 5. The van der Waals surface area contributed by atoms with Crippen molar-refractivity contribution in [2.45, 2.75) is 72.3 Å². The first-order valence-corrected chi connectivity index (χ1v) is 8.26. The third-order valence-electron chi connectivity index (χ3n) is 3.80. The van der Waals surface area contributed by atoms with Crippen LogP contribution in [0.3, 0.4) is 0 Å². The Morgan fingerprint density at radius 1 is 1.09 bits per heavy atom. The summed E-state index contributed by atoms with van der Waals surface area (Å²) in [5.41, 5.74) is 1.83. The highest BCUT2D eigenvalue weighted by molar-refractivity contribution is 5.26. The first-order chi connectivity index (χ1) is 9.96. The molecule has 0 unspecified atom stereocenters. The van der Waals surface area contributed by atoms with E-state index in [0.717, 1.165) is 23.6 Å². The van der Waals surface area contributed by atoms with Crippen LogP contribution in [0, 0.1) is 0 Å². The zero-order valence-electron chi connectivity index (χ0n) is 15.8. The van der Waals surface area contributed by atoms with E-state index < -0.39 is 0 Å². The van der Waals surface area contributed by atoms with Gasteiger partial charge in [-0.15, -0.1) is 0 Å². The van der Waals surface area contributed by atoms with E-state index in [-0.39, 0.29) is 22.8 Å². The van der Waals surface area contributed by atoms with E-state index in [2.05, 4.69) is 53.4 Å². The summed E-state index contributed by atoms with van der Waals surface area (Å²) in [6.45, 7) is 16.3. The molecule has 126 valence electrons. The first-order valence-electron chi connectivity index (χ1n) is 8.26. The maximum atomic E-state index is 13.1. The van der Waals surface area contributed by atoms with Crippen molar-refractivity contribution in [2.24, 2.45) is 0 Å². The predicted molar refractivity (Wildman–Crippen MR) is 93.9 cm³/mol. The summed E-state index contributed by atoms with van der Waals surface area (Å²) in [4.78, 5) is 20.2. The second-order valence-electron chi connectivity index (χ2n) is 8.05. The summed E-state index contributed by atoms with van der Waals surface area (Å²) in [7, 11) is 4.06. The van der Waals surface area contributed by atoms with Crippen LogP contribution < -0.4 is 5.56 Å². The van der Waals surface area contributed by atoms with Crippen LogP contribution in [0.25, 0.3) is 0 Å². The molecule has 0 fully saturated rings. The third-order valence-corrected chi connectivity index (χ3v) is 3.80. The highest BCUT2D eigenvalue weighted by Crippen LogP contribution is 2.26. The van der Waals surface area contributed by atoms with Gasteiger partial charge in [-0.3, -0.25) is 9.36 Å². The van der Waals surface area contributed by atoms with Gasteiger partial charge in [0.25, 0.3) is 5.56 Å². The number of hydrogen-bond acceptors (Lipinski definition) is 3. The molecule has 0 saturated carbocycles. The van der Waals surface area contributed by atoms with Crippen molar-refractivity contribution in [3.63, 3.8) is 0 Å². The van der Waals surface area contributed by atoms with Crippen LogP contribution in [-0.2, 0) is 12.0 Å². The van der Waals surface area contributed by atoms with Gasteiger partial charge in [0.15, 0.2) is 0 Å². The fourth-order valence-electron chi connectivity index (χ4n) is 2.65. The molecule has 1 rings (SSSR count). The van der Waals surface area contributed by atoms with E-state index >= 15 is 0 Å². The normalized spacial score (nSPS) is 12.7. The molecule has 4 heteroatoms. The predicted octanol–water partition coefficient (Wildman–Crippen LogP) is 3.35. The summed E-state index contributed by atoms with van der Waals surface area (Å²) in [5.74, 6) is 1.35. The fraction of sp³-hybridized carbons (Fsp3) is 0.778. The molecule has 0 aliphatic rings. The molecule has 0 aromatic carbocycles.